The number of hydrogen-bond donors (Lipinski definition) is 1. The molecule has 1 aliphatic rings. The first-order chi connectivity index (χ1) is 7.27. The first-order valence-corrected chi connectivity index (χ1v) is 5.00. The van der Waals surface area contributed by atoms with E-state index in [1.807, 2.05) is 24.3 Å². The summed E-state index contributed by atoms with van der Waals surface area (Å²) >= 11 is 0. The minimum Gasteiger partial charge on any atom is -0.493 e. The second kappa shape index (κ2) is 4.57. The maximum Gasteiger partial charge on any atom is 0.250 e. The molecule has 0 spiro atoms. The Kier molecular flexibility index (Phi) is 3.16. The molecule has 1 atom stereocenters. The molecule has 15 heavy (non-hydrogen) atoms. The largest absolute Gasteiger partial charge is 0.493 e. The van der Waals surface area contributed by atoms with Crippen LogP contribution in [-0.4, -0.2) is 19.6 Å². The molecule has 1 unspecified atom stereocenters. The van der Waals surface area contributed by atoms with Gasteiger partial charge in [0.2, 0.25) is 0 Å². The minimum atomic E-state index is -2.31. The maximum absolute atomic E-state index is 12.1. The van der Waals surface area contributed by atoms with Gasteiger partial charge >= 0.3 is 0 Å². The Morgan fingerprint density at radius 2 is 2.20 bits per heavy atom. The quantitative estimate of drug-likeness (QED) is 0.832. The lowest BCUT2D eigenvalue weighted by Gasteiger charge is -2.26. The smallest absolute Gasteiger partial charge is 0.250 e. The van der Waals surface area contributed by atoms with Crippen molar-refractivity contribution < 1.29 is 13.5 Å². The molecule has 0 bridgehead atoms. The van der Waals surface area contributed by atoms with E-state index in [1.54, 1.807) is 0 Å². The average Bonchev–Trinajstić information content (AvgIpc) is 2.26. The number of nitrogens with one attached hydrogen (secondary N) is 1. The number of alkyl halides is 2. The zero-order valence-corrected chi connectivity index (χ0v) is 8.25. The van der Waals surface area contributed by atoms with Crippen LogP contribution < -0.4 is 10.1 Å². The Morgan fingerprint density at radius 3 is 3.00 bits per heavy atom. The fraction of sp³-hybridized carbons (Fsp3) is 0.455. The van der Waals surface area contributed by atoms with Crippen LogP contribution >= 0.6 is 0 Å². The highest BCUT2D eigenvalue weighted by Gasteiger charge is 2.21. The monoisotopic (exact) mass is 213 g/mol. The summed E-state index contributed by atoms with van der Waals surface area (Å²) in [5.41, 5.74) is 0.976. The van der Waals surface area contributed by atoms with Crippen molar-refractivity contribution in [2.75, 3.05) is 13.2 Å². The minimum absolute atomic E-state index is 0.0102. The standard InChI is InChI=1S/C11H13F2NO/c12-11(13)7-14-9-5-6-15-10-4-2-1-3-8(9)10/h1-4,9,11,14H,5-7H2. The molecule has 1 aromatic carbocycles. The lowest BCUT2D eigenvalue weighted by atomic mass is 10.0. The van der Waals surface area contributed by atoms with E-state index in [2.05, 4.69) is 5.32 Å². The van der Waals surface area contributed by atoms with Crippen molar-refractivity contribution in [3.05, 3.63) is 29.8 Å². The maximum atomic E-state index is 12.1. The van der Waals surface area contributed by atoms with Crippen LogP contribution in [0.5, 0.6) is 5.75 Å². The summed E-state index contributed by atoms with van der Waals surface area (Å²) in [6, 6.07) is 7.55. The second-order valence-corrected chi connectivity index (χ2v) is 3.53. The van der Waals surface area contributed by atoms with Gasteiger partial charge in [-0.3, -0.25) is 0 Å². The van der Waals surface area contributed by atoms with Gasteiger partial charge in [-0.05, 0) is 6.07 Å². The van der Waals surface area contributed by atoms with Gasteiger partial charge in [-0.1, -0.05) is 18.2 Å². The van der Waals surface area contributed by atoms with Crippen LogP contribution in [0.1, 0.15) is 18.0 Å². The lowest BCUT2D eigenvalue weighted by molar-refractivity contribution is 0.136. The molecule has 0 fully saturated rings. The molecule has 1 heterocycles. The molecule has 1 aliphatic heterocycles. The van der Waals surface area contributed by atoms with E-state index in [0.29, 0.717) is 6.61 Å². The summed E-state index contributed by atoms with van der Waals surface area (Å²) < 4.78 is 29.6. The van der Waals surface area contributed by atoms with E-state index >= 15 is 0 Å². The zero-order chi connectivity index (χ0) is 10.7. The molecule has 4 heteroatoms. The van der Waals surface area contributed by atoms with Gasteiger partial charge in [-0.15, -0.1) is 0 Å². The van der Waals surface area contributed by atoms with Crippen LogP contribution in [0, 0.1) is 0 Å². The molecule has 82 valence electrons. The van der Waals surface area contributed by atoms with Crippen molar-refractivity contribution in [1.82, 2.24) is 5.32 Å². The van der Waals surface area contributed by atoms with Gasteiger partial charge in [0, 0.05) is 18.0 Å². The summed E-state index contributed by atoms with van der Waals surface area (Å²) in [5.74, 6) is 0.801. The van der Waals surface area contributed by atoms with Crippen molar-refractivity contribution >= 4 is 0 Å². The fourth-order valence-corrected chi connectivity index (χ4v) is 1.79. The number of hydrogen-bond acceptors (Lipinski definition) is 2. The van der Waals surface area contributed by atoms with Crippen molar-refractivity contribution in [2.24, 2.45) is 0 Å². The van der Waals surface area contributed by atoms with Crippen LogP contribution in [-0.2, 0) is 0 Å². The van der Waals surface area contributed by atoms with Crippen LogP contribution in [0.2, 0.25) is 0 Å². The number of ether oxygens (including phenoxy) is 1. The van der Waals surface area contributed by atoms with Gasteiger partial charge in [0.25, 0.3) is 6.43 Å². The summed E-state index contributed by atoms with van der Waals surface area (Å²) in [6.07, 6.45) is -1.57. The molecule has 0 radical (unpaired) electrons. The Bertz CT molecular complexity index is 330. The molecular weight excluding hydrogens is 200 g/mol. The molecule has 0 aliphatic carbocycles. The average molecular weight is 213 g/mol. The number of fused-ring (bicyclic) bond motifs is 1. The Morgan fingerprint density at radius 1 is 1.40 bits per heavy atom. The lowest BCUT2D eigenvalue weighted by Crippen LogP contribution is -2.30. The first kappa shape index (κ1) is 10.4. The topological polar surface area (TPSA) is 21.3 Å². The number of rotatable bonds is 3. The van der Waals surface area contributed by atoms with E-state index in [9.17, 15) is 8.78 Å². The Labute approximate surface area is 87.2 Å². The van der Waals surface area contributed by atoms with E-state index in [0.717, 1.165) is 17.7 Å². The van der Waals surface area contributed by atoms with E-state index < -0.39 is 6.43 Å². The summed E-state index contributed by atoms with van der Waals surface area (Å²) in [4.78, 5) is 0. The van der Waals surface area contributed by atoms with Crippen molar-refractivity contribution in [3.8, 4) is 5.75 Å². The molecule has 0 saturated heterocycles. The Hall–Kier alpha value is -1.16. The van der Waals surface area contributed by atoms with Gasteiger partial charge in [0.05, 0.1) is 13.2 Å². The second-order valence-electron chi connectivity index (χ2n) is 3.53. The molecular formula is C11H13F2NO. The molecule has 0 saturated carbocycles. The van der Waals surface area contributed by atoms with Crippen LogP contribution in [0.4, 0.5) is 8.78 Å². The van der Waals surface area contributed by atoms with Crippen molar-refractivity contribution in [2.45, 2.75) is 18.9 Å². The van der Waals surface area contributed by atoms with E-state index in [1.165, 1.54) is 0 Å². The zero-order valence-electron chi connectivity index (χ0n) is 8.25. The van der Waals surface area contributed by atoms with Crippen LogP contribution in [0.3, 0.4) is 0 Å². The van der Waals surface area contributed by atoms with E-state index in [-0.39, 0.29) is 12.6 Å². The van der Waals surface area contributed by atoms with Crippen LogP contribution in [0.15, 0.2) is 24.3 Å². The third-order valence-electron chi connectivity index (χ3n) is 2.48. The predicted molar refractivity (Wildman–Crippen MR) is 53.3 cm³/mol. The SMILES string of the molecule is FC(F)CNC1CCOc2ccccc21. The Balaban J connectivity index is 2.08. The molecule has 1 aromatic rings. The van der Waals surface area contributed by atoms with Crippen molar-refractivity contribution in [1.29, 1.82) is 0 Å². The third-order valence-corrected chi connectivity index (χ3v) is 2.48. The molecule has 0 aromatic heterocycles. The third kappa shape index (κ3) is 2.45. The molecule has 0 amide bonds. The van der Waals surface area contributed by atoms with Gasteiger partial charge < -0.3 is 10.1 Å². The van der Waals surface area contributed by atoms with E-state index in [4.69, 9.17) is 4.74 Å². The number of benzene rings is 1. The molecule has 2 nitrogen and oxygen atoms in total. The van der Waals surface area contributed by atoms with Crippen LogP contribution in [0.25, 0.3) is 0 Å². The van der Waals surface area contributed by atoms with Gasteiger partial charge in [-0.25, -0.2) is 8.78 Å². The predicted octanol–water partition coefficient (Wildman–Crippen LogP) is 2.36. The fourth-order valence-electron chi connectivity index (χ4n) is 1.79. The highest BCUT2D eigenvalue weighted by Crippen LogP contribution is 2.31. The first-order valence-electron chi connectivity index (χ1n) is 5.00. The van der Waals surface area contributed by atoms with Gasteiger partial charge in [0.15, 0.2) is 0 Å². The number of halogens is 2. The summed E-state index contributed by atoms with van der Waals surface area (Å²) in [7, 11) is 0. The van der Waals surface area contributed by atoms with Gasteiger partial charge in [-0.2, -0.15) is 0 Å². The summed E-state index contributed by atoms with van der Waals surface area (Å²) in [5, 5.41) is 2.85. The van der Waals surface area contributed by atoms with Gasteiger partial charge in [0.1, 0.15) is 5.75 Å². The number of para-hydroxylation sites is 1. The normalized spacial score (nSPS) is 19.8. The highest BCUT2D eigenvalue weighted by molar-refractivity contribution is 5.37. The van der Waals surface area contributed by atoms with Crippen molar-refractivity contribution in [3.63, 3.8) is 0 Å². The molecule has 1 N–H and O–H groups in total. The molecule has 2 rings (SSSR count). The summed E-state index contributed by atoms with van der Waals surface area (Å²) in [6.45, 7) is 0.316. The highest BCUT2D eigenvalue weighted by atomic mass is 19.3.